The van der Waals surface area contributed by atoms with Gasteiger partial charge in [-0.3, -0.25) is 0 Å². The highest BCUT2D eigenvalue weighted by Crippen LogP contribution is 2.35. The Bertz CT molecular complexity index is 730. The lowest BCUT2D eigenvalue weighted by molar-refractivity contribution is 0.628. The van der Waals surface area contributed by atoms with Crippen molar-refractivity contribution in [2.45, 2.75) is 6.92 Å². The Labute approximate surface area is 120 Å². The van der Waals surface area contributed by atoms with Crippen LogP contribution in [-0.2, 0) is 0 Å². The summed E-state index contributed by atoms with van der Waals surface area (Å²) in [6.07, 6.45) is 0. The Kier molecular flexibility index (Phi) is 3.24. The summed E-state index contributed by atoms with van der Waals surface area (Å²) in [4.78, 5) is 5.66. The molecule has 2 nitrogen and oxygen atoms in total. The van der Waals surface area contributed by atoms with Gasteiger partial charge >= 0.3 is 0 Å². The Morgan fingerprint density at radius 2 is 1.55 bits per heavy atom. The van der Waals surface area contributed by atoms with Crippen molar-refractivity contribution in [3.63, 3.8) is 0 Å². The maximum Gasteiger partial charge on any atom is 0.124 e. The number of hydrogen-bond acceptors (Lipinski definition) is 3. The second-order valence-electron chi connectivity index (χ2n) is 4.56. The summed E-state index contributed by atoms with van der Waals surface area (Å²) < 4.78 is 13.0. The predicted molar refractivity (Wildman–Crippen MR) is 82.1 cm³/mol. The third-order valence-corrected chi connectivity index (χ3v) is 4.32. The van der Waals surface area contributed by atoms with Crippen LogP contribution in [0.3, 0.4) is 0 Å². The number of benzene rings is 2. The Morgan fingerprint density at radius 1 is 0.950 bits per heavy atom. The largest absolute Gasteiger partial charge is 0.399 e. The Hall–Kier alpha value is -2.20. The quantitative estimate of drug-likeness (QED) is 0.703. The highest BCUT2D eigenvalue weighted by atomic mass is 32.1. The van der Waals surface area contributed by atoms with E-state index in [9.17, 15) is 4.39 Å². The molecule has 1 aromatic heterocycles. The molecule has 0 amide bonds. The summed E-state index contributed by atoms with van der Waals surface area (Å²) >= 11 is 1.60. The van der Waals surface area contributed by atoms with Crippen LogP contribution >= 0.6 is 11.3 Å². The molecule has 0 aliphatic heterocycles. The van der Waals surface area contributed by atoms with Gasteiger partial charge in [0.05, 0.1) is 10.6 Å². The molecule has 0 spiro atoms. The molecule has 1 heterocycles. The van der Waals surface area contributed by atoms with Crippen molar-refractivity contribution in [1.29, 1.82) is 0 Å². The summed E-state index contributed by atoms with van der Waals surface area (Å²) in [5, 5.41) is 0.946. The summed E-state index contributed by atoms with van der Waals surface area (Å²) in [5.74, 6) is -0.227. The number of nitrogen functional groups attached to an aromatic ring is 1. The molecular formula is C16H13FN2S. The predicted octanol–water partition coefficient (Wildman–Crippen LogP) is 4.51. The number of nitrogens with zero attached hydrogens (tertiary/aromatic N) is 1. The average molecular weight is 284 g/mol. The fourth-order valence-corrected chi connectivity index (χ4v) is 3.09. The minimum Gasteiger partial charge on any atom is -0.399 e. The topological polar surface area (TPSA) is 38.9 Å². The van der Waals surface area contributed by atoms with Gasteiger partial charge in [0, 0.05) is 11.3 Å². The molecule has 20 heavy (non-hydrogen) atoms. The van der Waals surface area contributed by atoms with Crippen molar-refractivity contribution < 1.29 is 4.39 Å². The van der Waals surface area contributed by atoms with E-state index < -0.39 is 0 Å². The number of anilines is 1. The third kappa shape index (κ3) is 2.42. The van der Waals surface area contributed by atoms with Crippen LogP contribution in [0.15, 0.2) is 48.5 Å². The lowest BCUT2D eigenvalue weighted by Crippen LogP contribution is -1.83. The SMILES string of the molecule is Cc1nc(-c2ccc(N)cc2)sc1-c1ccc(F)cc1. The molecule has 2 N–H and O–H groups in total. The van der Waals surface area contributed by atoms with Crippen LogP contribution in [0.1, 0.15) is 5.69 Å². The number of thiazole rings is 1. The van der Waals surface area contributed by atoms with E-state index in [0.717, 1.165) is 32.4 Å². The van der Waals surface area contributed by atoms with Crippen LogP contribution in [0.25, 0.3) is 21.0 Å². The molecule has 3 aromatic rings. The standard InChI is InChI=1S/C16H13FN2S/c1-10-15(11-2-6-13(17)7-3-11)20-16(19-10)12-4-8-14(18)9-5-12/h2-9H,18H2,1H3. The van der Waals surface area contributed by atoms with Gasteiger partial charge < -0.3 is 5.73 Å². The average Bonchev–Trinajstić information content (AvgIpc) is 2.82. The number of halogens is 1. The van der Waals surface area contributed by atoms with Gasteiger partial charge in [0.2, 0.25) is 0 Å². The monoisotopic (exact) mass is 284 g/mol. The van der Waals surface area contributed by atoms with Crippen LogP contribution in [0.2, 0.25) is 0 Å². The first-order chi connectivity index (χ1) is 9.63. The molecule has 3 rings (SSSR count). The van der Waals surface area contributed by atoms with E-state index in [1.807, 2.05) is 31.2 Å². The normalized spacial score (nSPS) is 10.7. The first-order valence-electron chi connectivity index (χ1n) is 6.23. The molecule has 0 saturated heterocycles. The van der Waals surface area contributed by atoms with Gasteiger partial charge in [0.15, 0.2) is 0 Å². The number of aromatic nitrogens is 1. The van der Waals surface area contributed by atoms with Crippen molar-refractivity contribution in [2.24, 2.45) is 0 Å². The molecule has 100 valence electrons. The summed E-state index contributed by atoms with van der Waals surface area (Å²) in [6.45, 7) is 1.97. The number of rotatable bonds is 2. The first kappa shape index (κ1) is 12.8. The molecule has 0 saturated carbocycles. The second-order valence-corrected chi connectivity index (χ2v) is 5.56. The molecular weight excluding hydrogens is 271 g/mol. The van der Waals surface area contributed by atoms with E-state index in [0.29, 0.717) is 0 Å². The van der Waals surface area contributed by atoms with Crippen LogP contribution in [-0.4, -0.2) is 4.98 Å². The molecule has 2 aromatic carbocycles. The number of hydrogen-bond donors (Lipinski definition) is 1. The number of nitrogens with two attached hydrogens (primary N) is 1. The summed E-state index contributed by atoms with van der Waals surface area (Å²) in [7, 11) is 0. The maximum absolute atomic E-state index is 13.0. The highest BCUT2D eigenvalue weighted by molar-refractivity contribution is 7.18. The van der Waals surface area contributed by atoms with Gasteiger partial charge in [-0.1, -0.05) is 12.1 Å². The lowest BCUT2D eigenvalue weighted by Gasteiger charge is -1.98. The number of aryl methyl sites for hydroxylation is 1. The maximum atomic E-state index is 13.0. The smallest absolute Gasteiger partial charge is 0.124 e. The zero-order valence-electron chi connectivity index (χ0n) is 10.9. The molecule has 0 unspecified atom stereocenters. The van der Waals surface area contributed by atoms with E-state index in [1.165, 1.54) is 12.1 Å². The Morgan fingerprint density at radius 3 is 2.20 bits per heavy atom. The zero-order valence-corrected chi connectivity index (χ0v) is 11.7. The van der Waals surface area contributed by atoms with Crippen LogP contribution in [0.4, 0.5) is 10.1 Å². The van der Waals surface area contributed by atoms with Crippen molar-refractivity contribution in [1.82, 2.24) is 4.98 Å². The Balaban J connectivity index is 2.02. The summed E-state index contributed by atoms with van der Waals surface area (Å²) in [6, 6.07) is 14.2. The molecule has 0 radical (unpaired) electrons. The fraction of sp³-hybridized carbons (Fsp3) is 0.0625. The second kappa shape index (κ2) is 5.06. The van der Waals surface area contributed by atoms with Gasteiger partial charge in [0.25, 0.3) is 0 Å². The van der Waals surface area contributed by atoms with Gasteiger partial charge in [0.1, 0.15) is 10.8 Å². The van der Waals surface area contributed by atoms with Crippen LogP contribution in [0, 0.1) is 12.7 Å². The molecule has 0 atom stereocenters. The van der Waals surface area contributed by atoms with Crippen LogP contribution in [0.5, 0.6) is 0 Å². The van der Waals surface area contributed by atoms with Crippen molar-refractivity contribution >= 4 is 17.0 Å². The third-order valence-electron chi connectivity index (χ3n) is 3.06. The molecule has 0 aliphatic carbocycles. The minimum atomic E-state index is -0.227. The molecule has 0 bridgehead atoms. The first-order valence-corrected chi connectivity index (χ1v) is 7.04. The van der Waals surface area contributed by atoms with Gasteiger partial charge in [-0.05, 0) is 48.9 Å². The van der Waals surface area contributed by atoms with Crippen molar-refractivity contribution in [2.75, 3.05) is 5.73 Å². The van der Waals surface area contributed by atoms with Crippen molar-refractivity contribution in [3.8, 4) is 21.0 Å². The van der Waals surface area contributed by atoms with E-state index in [2.05, 4.69) is 4.98 Å². The zero-order chi connectivity index (χ0) is 14.1. The molecule has 4 heteroatoms. The van der Waals surface area contributed by atoms with Gasteiger partial charge in [-0.25, -0.2) is 9.37 Å². The van der Waals surface area contributed by atoms with E-state index >= 15 is 0 Å². The molecule has 0 fully saturated rings. The van der Waals surface area contributed by atoms with Crippen molar-refractivity contribution in [3.05, 3.63) is 60.0 Å². The van der Waals surface area contributed by atoms with E-state index in [-0.39, 0.29) is 5.82 Å². The van der Waals surface area contributed by atoms with Gasteiger partial charge in [-0.2, -0.15) is 0 Å². The fourth-order valence-electron chi connectivity index (χ4n) is 2.01. The van der Waals surface area contributed by atoms with Gasteiger partial charge in [-0.15, -0.1) is 11.3 Å². The molecule has 0 aliphatic rings. The van der Waals surface area contributed by atoms with E-state index in [1.54, 1.807) is 23.5 Å². The summed E-state index contributed by atoms with van der Waals surface area (Å²) in [5.41, 5.74) is 9.41. The van der Waals surface area contributed by atoms with E-state index in [4.69, 9.17) is 5.73 Å². The minimum absolute atomic E-state index is 0.227. The lowest BCUT2D eigenvalue weighted by atomic mass is 10.1. The highest BCUT2D eigenvalue weighted by Gasteiger charge is 2.11. The van der Waals surface area contributed by atoms with Crippen LogP contribution < -0.4 is 5.73 Å².